The van der Waals surface area contributed by atoms with Crippen molar-refractivity contribution in [2.24, 2.45) is 0 Å². The predicted molar refractivity (Wildman–Crippen MR) is 244 cm³/mol. The summed E-state index contributed by atoms with van der Waals surface area (Å²) in [5, 5.41) is 10.4. The molecule has 0 aliphatic rings. The van der Waals surface area contributed by atoms with Gasteiger partial charge in [-0.1, -0.05) is 121 Å². The minimum atomic E-state index is 1.13. The third-order valence-corrected chi connectivity index (χ3v) is 13.7. The van der Waals surface area contributed by atoms with Crippen molar-refractivity contribution in [3.05, 3.63) is 194 Å². The lowest BCUT2D eigenvalue weighted by molar-refractivity contribution is 1.18. The molecule has 9 aromatic carbocycles. The molecule has 12 aromatic rings. The highest BCUT2D eigenvalue weighted by Gasteiger charge is 2.18. The molecule has 12 rings (SSSR count). The third kappa shape index (κ3) is 4.86. The summed E-state index contributed by atoms with van der Waals surface area (Å²) in [7, 11) is 0. The van der Waals surface area contributed by atoms with Crippen molar-refractivity contribution in [2.45, 2.75) is 0 Å². The first-order valence-electron chi connectivity index (χ1n) is 19.0. The zero-order valence-corrected chi connectivity index (χ0v) is 31.8. The second-order valence-electron chi connectivity index (χ2n) is 14.5. The van der Waals surface area contributed by atoms with Crippen LogP contribution in [0, 0.1) is 0 Å². The number of benzene rings is 9. The Bertz CT molecular complexity index is 3360. The van der Waals surface area contributed by atoms with Gasteiger partial charge in [-0.25, -0.2) is 0 Å². The number of anilines is 3. The van der Waals surface area contributed by atoms with Gasteiger partial charge < -0.3 is 9.47 Å². The van der Waals surface area contributed by atoms with Gasteiger partial charge in [0.15, 0.2) is 0 Å². The number of aromatic nitrogens is 1. The van der Waals surface area contributed by atoms with Gasteiger partial charge in [0.2, 0.25) is 0 Å². The van der Waals surface area contributed by atoms with Gasteiger partial charge in [0, 0.05) is 73.9 Å². The minimum Gasteiger partial charge on any atom is -0.310 e. The molecule has 0 fully saturated rings. The van der Waals surface area contributed by atoms with E-state index in [2.05, 4.69) is 204 Å². The first-order chi connectivity index (χ1) is 27.7. The standard InChI is InChI=1S/C52H32N2S2/c1-2-10-40-35(9-1)21-30-47-52(40)45-13-3-6-14-46(45)54(47)37-24-19-34(20-25-37)33-17-22-36(23-18-33)53(38-26-28-43-41-11-4-7-15-48(41)55-50(43)31-38)39-27-29-44-42-12-5-8-16-49(42)56-51(44)32-39/h1-32H. The predicted octanol–water partition coefficient (Wildman–Crippen LogP) is 15.8. The van der Waals surface area contributed by atoms with Crippen LogP contribution >= 0.6 is 22.7 Å². The summed E-state index contributed by atoms with van der Waals surface area (Å²) in [6, 6.07) is 71.4. The fourth-order valence-corrected chi connectivity index (χ4v) is 11.1. The van der Waals surface area contributed by atoms with Gasteiger partial charge in [0.05, 0.1) is 11.0 Å². The van der Waals surface area contributed by atoms with Crippen LogP contribution in [0.4, 0.5) is 17.1 Å². The van der Waals surface area contributed by atoms with Crippen molar-refractivity contribution < 1.29 is 0 Å². The van der Waals surface area contributed by atoms with Crippen LogP contribution in [0.2, 0.25) is 0 Å². The Hall–Kier alpha value is -6.72. The van der Waals surface area contributed by atoms with E-state index in [-0.39, 0.29) is 0 Å². The van der Waals surface area contributed by atoms with Crippen molar-refractivity contribution in [1.29, 1.82) is 0 Å². The number of hydrogen-bond acceptors (Lipinski definition) is 3. The molecule has 0 spiro atoms. The smallest absolute Gasteiger partial charge is 0.0547 e. The first-order valence-corrected chi connectivity index (χ1v) is 20.6. The molecule has 0 aliphatic heterocycles. The Morgan fingerprint density at radius 3 is 1.48 bits per heavy atom. The van der Waals surface area contributed by atoms with Gasteiger partial charge in [-0.05, 0) is 94.7 Å². The molecule has 3 heterocycles. The maximum atomic E-state index is 2.41. The summed E-state index contributed by atoms with van der Waals surface area (Å²) >= 11 is 3.73. The quantitative estimate of drug-likeness (QED) is 0.170. The highest BCUT2D eigenvalue weighted by Crippen LogP contribution is 2.44. The lowest BCUT2D eigenvalue weighted by Gasteiger charge is -2.26. The molecule has 0 saturated heterocycles. The maximum Gasteiger partial charge on any atom is 0.0547 e. The number of nitrogens with zero attached hydrogens (tertiary/aromatic N) is 2. The molecule has 0 radical (unpaired) electrons. The van der Waals surface area contributed by atoms with E-state index in [9.17, 15) is 0 Å². The number of thiophene rings is 2. The maximum absolute atomic E-state index is 2.41. The van der Waals surface area contributed by atoms with Crippen LogP contribution in [0.5, 0.6) is 0 Å². The summed E-state index contributed by atoms with van der Waals surface area (Å²) in [6.07, 6.45) is 0. The SMILES string of the molecule is c1ccc2c(c1)ccc1c2c2ccccc2n1-c1ccc(-c2ccc(N(c3ccc4c(c3)sc3ccccc34)c3ccc4c(c3)sc3ccccc34)cc2)cc1. The molecule has 0 N–H and O–H groups in total. The zero-order valence-electron chi connectivity index (χ0n) is 30.2. The fourth-order valence-electron chi connectivity index (χ4n) is 8.78. The molecule has 0 bridgehead atoms. The summed E-state index contributed by atoms with van der Waals surface area (Å²) in [4.78, 5) is 2.41. The molecule has 0 aliphatic carbocycles. The molecule has 2 nitrogen and oxygen atoms in total. The van der Waals surface area contributed by atoms with Crippen LogP contribution in [-0.4, -0.2) is 4.57 Å². The number of fused-ring (bicyclic) bond motifs is 11. The topological polar surface area (TPSA) is 8.17 Å². The van der Waals surface area contributed by atoms with E-state index in [0.717, 1.165) is 22.7 Å². The molecule has 0 amide bonds. The molecular weight excluding hydrogens is 717 g/mol. The van der Waals surface area contributed by atoms with E-state index in [1.165, 1.54) is 84.0 Å². The number of rotatable bonds is 5. The second-order valence-corrected chi connectivity index (χ2v) is 16.7. The summed E-state index contributed by atoms with van der Waals surface area (Å²) in [5.74, 6) is 0. The van der Waals surface area contributed by atoms with Gasteiger partial charge in [-0.3, -0.25) is 0 Å². The molecule has 262 valence electrons. The van der Waals surface area contributed by atoms with Gasteiger partial charge >= 0.3 is 0 Å². The summed E-state index contributed by atoms with van der Waals surface area (Å²) in [5.41, 5.74) is 9.42. The van der Waals surface area contributed by atoms with Crippen LogP contribution in [0.3, 0.4) is 0 Å². The van der Waals surface area contributed by atoms with Crippen LogP contribution in [-0.2, 0) is 0 Å². The molecular formula is C52H32N2S2. The monoisotopic (exact) mass is 748 g/mol. The van der Waals surface area contributed by atoms with Crippen molar-refractivity contribution in [3.8, 4) is 16.8 Å². The van der Waals surface area contributed by atoms with E-state index < -0.39 is 0 Å². The number of hydrogen-bond donors (Lipinski definition) is 0. The lowest BCUT2D eigenvalue weighted by atomic mass is 10.0. The average Bonchev–Trinajstić information content (AvgIpc) is 3.93. The fraction of sp³-hybridized carbons (Fsp3) is 0. The summed E-state index contributed by atoms with van der Waals surface area (Å²) in [6.45, 7) is 0. The Balaban J connectivity index is 0.946. The Kier molecular flexibility index (Phi) is 7.00. The third-order valence-electron chi connectivity index (χ3n) is 11.4. The van der Waals surface area contributed by atoms with E-state index in [4.69, 9.17) is 0 Å². The van der Waals surface area contributed by atoms with Crippen LogP contribution in [0.1, 0.15) is 0 Å². The largest absolute Gasteiger partial charge is 0.310 e. The Morgan fingerprint density at radius 2 is 0.839 bits per heavy atom. The molecule has 0 atom stereocenters. The van der Waals surface area contributed by atoms with Crippen LogP contribution in [0.15, 0.2) is 194 Å². The van der Waals surface area contributed by atoms with Crippen LogP contribution < -0.4 is 4.90 Å². The van der Waals surface area contributed by atoms with Crippen LogP contribution in [0.25, 0.3) is 89.7 Å². The second kappa shape index (κ2) is 12.4. The molecule has 0 unspecified atom stereocenters. The van der Waals surface area contributed by atoms with Crippen molar-refractivity contribution in [2.75, 3.05) is 4.90 Å². The van der Waals surface area contributed by atoms with Gasteiger partial charge in [-0.2, -0.15) is 0 Å². The lowest BCUT2D eigenvalue weighted by Crippen LogP contribution is -2.09. The van der Waals surface area contributed by atoms with E-state index in [0.29, 0.717) is 0 Å². The van der Waals surface area contributed by atoms with Crippen molar-refractivity contribution in [1.82, 2.24) is 4.57 Å². The van der Waals surface area contributed by atoms with Crippen molar-refractivity contribution in [3.63, 3.8) is 0 Å². The molecule has 56 heavy (non-hydrogen) atoms. The number of para-hydroxylation sites is 1. The first kappa shape index (κ1) is 31.6. The molecule has 4 heteroatoms. The minimum absolute atomic E-state index is 1.13. The normalized spacial score (nSPS) is 11.9. The highest BCUT2D eigenvalue weighted by molar-refractivity contribution is 7.26. The zero-order chi connectivity index (χ0) is 36.7. The molecule has 3 aromatic heterocycles. The Labute approximate surface area is 331 Å². The van der Waals surface area contributed by atoms with Crippen molar-refractivity contribution >= 4 is 113 Å². The van der Waals surface area contributed by atoms with E-state index in [1.54, 1.807) is 0 Å². The van der Waals surface area contributed by atoms with Gasteiger partial charge in [-0.15, -0.1) is 22.7 Å². The van der Waals surface area contributed by atoms with E-state index in [1.807, 2.05) is 22.7 Å². The Morgan fingerprint density at radius 1 is 0.339 bits per heavy atom. The average molecular weight is 749 g/mol. The van der Waals surface area contributed by atoms with E-state index >= 15 is 0 Å². The van der Waals surface area contributed by atoms with Gasteiger partial charge in [0.25, 0.3) is 0 Å². The molecule has 0 saturated carbocycles. The highest BCUT2D eigenvalue weighted by atomic mass is 32.1. The van der Waals surface area contributed by atoms with Gasteiger partial charge in [0.1, 0.15) is 0 Å². The summed E-state index contributed by atoms with van der Waals surface area (Å²) < 4.78 is 7.64.